The van der Waals surface area contributed by atoms with E-state index in [1.54, 1.807) is 20.9 Å². The first-order valence-electron chi connectivity index (χ1n) is 4.57. The predicted octanol–water partition coefficient (Wildman–Crippen LogP) is 1.02. The Morgan fingerprint density at radius 3 is 2.31 bits per heavy atom. The van der Waals surface area contributed by atoms with Crippen molar-refractivity contribution in [2.24, 2.45) is 0 Å². The smallest absolute Gasteiger partial charge is 0.317 e. The van der Waals surface area contributed by atoms with Crippen LogP contribution in [0.1, 0.15) is 27.2 Å². The topological polar surface area (TPSA) is 49.4 Å². The minimum Gasteiger partial charge on any atom is -0.328 e. The number of rotatable bonds is 4. The molecule has 0 saturated heterocycles. The fourth-order valence-corrected chi connectivity index (χ4v) is 0.826. The normalized spacial score (nSPS) is 12.0. The molecule has 1 unspecified atom stereocenters. The van der Waals surface area contributed by atoms with Crippen molar-refractivity contribution in [3.63, 3.8) is 0 Å². The molecule has 1 N–H and O–H groups in total. The summed E-state index contributed by atoms with van der Waals surface area (Å²) in [6.45, 7) is 6.01. The highest BCUT2D eigenvalue weighted by atomic mass is 16.2. The molecule has 0 radical (unpaired) electrons. The molecule has 0 aromatic carbocycles. The number of carbonyl (C=O) groups is 2. The van der Waals surface area contributed by atoms with Gasteiger partial charge in [0.2, 0.25) is 0 Å². The minimum absolute atomic E-state index is 0.0536. The molecule has 0 aromatic rings. The van der Waals surface area contributed by atoms with Gasteiger partial charge < -0.3 is 10.2 Å². The Morgan fingerprint density at radius 1 is 1.38 bits per heavy atom. The molecule has 4 nitrogen and oxygen atoms in total. The number of nitrogens with zero attached hydrogens (tertiary/aromatic N) is 1. The summed E-state index contributed by atoms with van der Waals surface area (Å²) in [7, 11) is 1.69. The number of urea groups is 1. The molecule has 0 aromatic heterocycles. The van der Waals surface area contributed by atoms with E-state index in [2.05, 4.69) is 5.32 Å². The Kier molecular flexibility index (Phi) is 5.11. The van der Waals surface area contributed by atoms with E-state index in [-0.39, 0.29) is 17.9 Å². The fraction of sp³-hybridized carbons (Fsp3) is 0.778. The Morgan fingerprint density at radius 2 is 1.92 bits per heavy atom. The van der Waals surface area contributed by atoms with E-state index < -0.39 is 0 Å². The Bertz CT molecular complexity index is 192. The van der Waals surface area contributed by atoms with E-state index in [0.29, 0.717) is 13.0 Å². The summed E-state index contributed by atoms with van der Waals surface area (Å²) in [6.07, 6.45) is 0.456. The third-order valence-corrected chi connectivity index (χ3v) is 1.99. The highest BCUT2D eigenvalue weighted by molar-refractivity contribution is 5.87. The molecule has 0 spiro atoms. The summed E-state index contributed by atoms with van der Waals surface area (Å²) >= 11 is 0. The van der Waals surface area contributed by atoms with E-state index >= 15 is 0 Å². The largest absolute Gasteiger partial charge is 0.328 e. The van der Waals surface area contributed by atoms with Crippen molar-refractivity contribution in [3.05, 3.63) is 0 Å². The zero-order chi connectivity index (χ0) is 10.4. The van der Waals surface area contributed by atoms with Gasteiger partial charge in [-0.1, -0.05) is 6.92 Å². The van der Waals surface area contributed by atoms with Gasteiger partial charge in [-0.2, -0.15) is 0 Å². The molecular formula is C9H18N2O2. The van der Waals surface area contributed by atoms with E-state index in [1.807, 2.05) is 6.92 Å². The molecule has 0 rings (SSSR count). The van der Waals surface area contributed by atoms with Gasteiger partial charge in [0.25, 0.3) is 0 Å². The van der Waals surface area contributed by atoms with Gasteiger partial charge in [-0.15, -0.1) is 0 Å². The SMILES string of the molecule is CCC(=O)C(C)NC(=O)N(C)CC. The molecule has 0 aliphatic heterocycles. The zero-order valence-electron chi connectivity index (χ0n) is 8.76. The van der Waals surface area contributed by atoms with Crippen LogP contribution in [0.3, 0.4) is 0 Å². The maximum Gasteiger partial charge on any atom is 0.317 e. The molecule has 76 valence electrons. The Labute approximate surface area is 79.3 Å². The van der Waals surface area contributed by atoms with Gasteiger partial charge >= 0.3 is 6.03 Å². The Hall–Kier alpha value is -1.06. The zero-order valence-corrected chi connectivity index (χ0v) is 8.76. The number of hydrogen-bond acceptors (Lipinski definition) is 2. The van der Waals surface area contributed by atoms with Gasteiger partial charge in [-0.25, -0.2) is 4.79 Å². The first-order chi connectivity index (χ1) is 6.02. The fourth-order valence-electron chi connectivity index (χ4n) is 0.826. The third kappa shape index (κ3) is 3.92. The minimum atomic E-state index is -0.383. The van der Waals surface area contributed by atoms with Crippen molar-refractivity contribution in [1.82, 2.24) is 10.2 Å². The predicted molar refractivity (Wildman–Crippen MR) is 51.6 cm³/mol. The van der Waals surface area contributed by atoms with Crippen LogP contribution in [0.4, 0.5) is 4.79 Å². The van der Waals surface area contributed by atoms with Crippen molar-refractivity contribution < 1.29 is 9.59 Å². The van der Waals surface area contributed by atoms with Crippen LogP contribution in [-0.2, 0) is 4.79 Å². The van der Waals surface area contributed by atoms with Gasteiger partial charge in [0.05, 0.1) is 6.04 Å². The first-order valence-corrected chi connectivity index (χ1v) is 4.57. The second-order valence-electron chi connectivity index (χ2n) is 3.01. The second-order valence-corrected chi connectivity index (χ2v) is 3.01. The summed E-state index contributed by atoms with van der Waals surface area (Å²) < 4.78 is 0. The van der Waals surface area contributed by atoms with Crippen LogP contribution >= 0.6 is 0 Å². The van der Waals surface area contributed by atoms with Crippen LogP contribution < -0.4 is 5.32 Å². The molecule has 2 amide bonds. The van der Waals surface area contributed by atoms with Crippen LogP contribution in [-0.4, -0.2) is 36.3 Å². The Balaban J connectivity index is 3.98. The maximum absolute atomic E-state index is 11.3. The van der Waals surface area contributed by atoms with E-state index in [0.717, 1.165) is 0 Å². The number of ketones is 1. The van der Waals surface area contributed by atoms with Gasteiger partial charge in [-0.05, 0) is 13.8 Å². The van der Waals surface area contributed by atoms with E-state index in [1.165, 1.54) is 4.90 Å². The number of hydrogen-bond donors (Lipinski definition) is 1. The van der Waals surface area contributed by atoms with Crippen LogP contribution in [0.25, 0.3) is 0 Å². The molecule has 0 fully saturated rings. The molecule has 0 heterocycles. The van der Waals surface area contributed by atoms with E-state index in [9.17, 15) is 9.59 Å². The van der Waals surface area contributed by atoms with Crippen molar-refractivity contribution in [2.45, 2.75) is 33.2 Å². The maximum atomic E-state index is 11.3. The first kappa shape index (κ1) is 11.9. The van der Waals surface area contributed by atoms with Crippen molar-refractivity contribution in [3.8, 4) is 0 Å². The van der Waals surface area contributed by atoms with Crippen LogP contribution in [0.15, 0.2) is 0 Å². The molecule has 4 heteroatoms. The molecule has 13 heavy (non-hydrogen) atoms. The van der Waals surface area contributed by atoms with E-state index in [4.69, 9.17) is 0 Å². The second kappa shape index (κ2) is 5.56. The van der Waals surface area contributed by atoms with Crippen molar-refractivity contribution in [2.75, 3.05) is 13.6 Å². The lowest BCUT2D eigenvalue weighted by atomic mass is 10.2. The molecule has 0 bridgehead atoms. The average Bonchev–Trinajstić information content (AvgIpc) is 2.14. The molecular weight excluding hydrogens is 168 g/mol. The van der Waals surface area contributed by atoms with Gasteiger partial charge in [-0.3, -0.25) is 4.79 Å². The number of Topliss-reactive ketones (excluding diaryl/α,β-unsaturated/α-hetero) is 1. The lowest BCUT2D eigenvalue weighted by Gasteiger charge is -2.18. The summed E-state index contributed by atoms with van der Waals surface area (Å²) in [4.78, 5) is 23.9. The summed E-state index contributed by atoms with van der Waals surface area (Å²) in [5.41, 5.74) is 0. The van der Waals surface area contributed by atoms with Crippen molar-refractivity contribution in [1.29, 1.82) is 0 Å². The van der Waals surface area contributed by atoms with Crippen LogP contribution in [0.5, 0.6) is 0 Å². The highest BCUT2D eigenvalue weighted by Gasteiger charge is 2.14. The number of carbonyl (C=O) groups excluding carboxylic acids is 2. The average molecular weight is 186 g/mol. The quantitative estimate of drug-likeness (QED) is 0.712. The third-order valence-electron chi connectivity index (χ3n) is 1.99. The van der Waals surface area contributed by atoms with Gasteiger partial charge in [0.1, 0.15) is 0 Å². The number of amides is 2. The monoisotopic (exact) mass is 186 g/mol. The summed E-state index contributed by atoms with van der Waals surface area (Å²) in [5.74, 6) is 0.0536. The van der Waals surface area contributed by atoms with Crippen LogP contribution in [0, 0.1) is 0 Å². The van der Waals surface area contributed by atoms with Gasteiger partial charge in [0, 0.05) is 20.0 Å². The highest BCUT2D eigenvalue weighted by Crippen LogP contribution is 1.92. The van der Waals surface area contributed by atoms with Gasteiger partial charge in [0.15, 0.2) is 5.78 Å². The molecule has 0 saturated carbocycles. The molecule has 1 atom stereocenters. The molecule has 0 aliphatic carbocycles. The standard InChI is InChI=1S/C9H18N2O2/c1-5-8(12)7(3)10-9(13)11(4)6-2/h7H,5-6H2,1-4H3,(H,10,13). The summed E-state index contributed by atoms with van der Waals surface area (Å²) in [5, 5.41) is 2.62. The summed E-state index contributed by atoms with van der Waals surface area (Å²) in [6, 6.07) is -0.580. The lowest BCUT2D eigenvalue weighted by Crippen LogP contribution is -2.44. The van der Waals surface area contributed by atoms with Crippen molar-refractivity contribution >= 4 is 11.8 Å². The molecule has 0 aliphatic rings. The van der Waals surface area contributed by atoms with Crippen LogP contribution in [0.2, 0.25) is 0 Å². The lowest BCUT2D eigenvalue weighted by molar-refractivity contribution is -0.120. The number of nitrogens with one attached hydrogen (secondary N) is 1.